The lowest BCUT2D eigenvalue weighted by Gasteiger charge is -2.04. The van der Waals surface area contributed by atoms with Crippen LogP contribution in [0.25, 0.3) is 0 Å². The summed E-state index contributed by atoms with van der Waals surface area (Å²) < 4.78 is 1.09. The third-order valence-corrected chi connectivity index (χ3v) is 4.32. The van der Waals surface area contributed by atoms with Crippen LogP contribution in [-0.4, -0.2) is 5.91 Å². The van der Waals surface area contributed by atoms with Crippen molar-refractivity contribution in [2.24, 2.45) is 0 Å². The third-order valence-electron chi connectivity index (χ3n) is 2.39. The molecule has 1 heterocycles. The Balaban J connectivity index is 2.13. The second kappa shape index (κ2) is 7.85. The smallest absolute Gasteiger partial charge is 0.220 e. The second-order valence-corrected chi connectivity index (χ2v) is 5.63. The van der Waals surface area contributed by atoms with Gasteiger partial charge in [0, 0.05) is 15.8 Å². The van der Waals surface area contributed by atoms with E-state index in [0.717, 1.165) is 17.3 Å². The number of carbonyl (C=O) groups excluding carboxylic acids is 1. The molecule has 0 bridgehead atoms. The lowest BCUT2D eigenvalue weighted by molar-refractivity contribution is -0.121. The van der Waals surface area contributed by atoms with E-state index in [4.69, 9.17) is 0 Å². The Kier molecular flexibility index (Phi) is 6.73. The minimum atomic E-state index is 0.163. The van der Waals surface area contributed by atoms with Crippen LogP contribution < -0.4 is 5.32 Å². The Labute approximate surface area is 110 Å². The number of hydrogen-bond acceptors (Lipinski definition) is 2. The van der Waals surface area contributed by atoms with Crippen molar-refractivity contribution in [2.75, 3.05) is 0 Å². The predicted molar refractivity (Wildman–Crippen MR) is 72.6 cm³/mol. The zero-order valence-corrected chi connectivity index (χ0v) is 12.0. The average molecular weight is 304 g/mol. The number of unbranched alkanes of at least 4 members (excludes halogenated alkanes) is 3. The SMILES string of the molecule is CCCCCCC(=O)NCc1sccc1Br. The normalized spacial score (nSPS) is 10.4. The maximum Gasteiger partial charge on any atom is 0.220 e. The topological polar surface area (TPSA) is 29.1 Å². The average Bonchev–Trinajstić information content (AvgIpc) is 2.67. The van der Waals surface area contributed by atoms with Gasteiger partial charge in [0.25, 0.3) is 0 Å². The summed E-state index contributed by atoms with van der Waals surface area (Å²) in [6.45, 7) is 2.82. The molecule has 0 aliphatic carbocycles. The monoisotopic (exact) mass is 303 g/mol. The highest BCUT2D eigenvalue weighted by Gasteiger charge is 2.04. The van der Waals surface area contributed by atoms with Crippen molar-refractivity contribution in [3.63, 3.8) is 0 Å². The van der Waals surface area contributed by atoms with Gasteiger partial charge in [-0.2, -0.15) is 0 Å². The highest BCUT2D eigenvalue weighted by Crippen LogP contribution is 2.22. The zero-order valence-electron chi connectivity index (χ0n) is 9.59. The van der Waals surface area contributed by atoms with Gasteiger partial charge in [0.15, 0.2) is 0 Å². The summed E-state index contributed by atoms with van der Waals surface area (Å²) in [5.74, 6) is 0.163. The van der Waals surface area contributed by atoms with E-state index < -0.39 is 0 Å². The van der Waals surface area contributed by atoms with Crippen LogP contribution >= 0.6 is 27.3 Å². The summed E-state index contributed by atoms with van der Waals surface area (Å²) in [5.41, 5.74) is 0. The van der Waals surface area contributed by atoms with E-state index in [1.165, 1.54) is 17.7 Å². The molecule has 0 spiro atoms. The second-order valence-electron chi connectivity index (χ2n) is 3.78. The summed E-state index contributed by atoms with van der Waals surface area (Å²) in [6, 6.07) is 2.01. The molecule has 0 atom stereocenters. The molecule has 16 heavy (non-hydrogen) atoms. The standard InChI is InChI=1S/C12H18BrNOS/c1-2-3-4-5-6-12(15)14-9-11-10(13)7-8-16-11/h7-8H,2-6,9H2,1H3,(H,14,15). The van der Waals surface area contributed by atoms with Gasteiger partial charge in [-0.25, -0.2) is 0 Å². The predicted octanol–water partition coefficient (Wildman–Crippen LogP) is 4.10. The number of halogens is 1. The number of amides is 1. The van der Waals surface area contributed by atoms with Crippen LogP contribution in [-0.2, 0) is 11.3 Å². The minimum Gasteiger partial charge on any atom is -0.351 e. The number of carbonyl (C=O) groups is 1. The molecule has 0 aromatic carbocycles. The van der Waals surface area contributed by atoms with Gasteiger partial charge in [0.05, 0.1) is 6.54 Å². The van der Waals surface area contributed by atoms with Crippen molar-refractivity contribution in [1.29, 1.82) is 0 Å². The van der Waals surface area contributed by atoms with Crippen molar-refractivity contribution < 1.29 is 4.79 Å². The summed E-state index contributed by atoms with van der Waals surface area (Å²) >= 11 is 5.11. The number of thiophene rings is 1. The van der Waals surface area contributed by atoms with Gasteiger partial charge in [0.1, 0.15) is 0 Å². The Morgan fingerprint density at radius 1 is 1.44 bits per heavy atom. The summed E-state index contributed by atoms with van der Waals surface area (Å²) in [7, 11) is 0. The van der Waals surface area contributed by atoms with Gasteiger partial charge in [-0.15, -0.1) is 11.3 Å². The van der Waals surface area contributed by atoms with Crippen LogP contribution in [0.15, 0.2) is 15.9 Å². The van der Waals surface area contributed by atoms with E-state index >= 15 is 0 Å². The molecule has 4 heteroatoms. The highest BCUT2D eigenvalue weighted by atomic mass is 79.9. The fourth-order valence-corrected chi connectivity index (χ4v) is 2.86. The summed E-state index contributed by atoms with van der Waals surface area (Å²) in [4.78, 5) is 12.7. The number of nitrogens with one attached hydrogen (secondary N) is 1. The molecule has 0 saturated heterocycles. The molecule has 0 radical (unpaired) electrons. The maximum atomic E-state index is 11.5. The first-order valence-electron chi connectivity index (χ1n) is 5.72. The largest absolute Gasteiger partial charge is 0.351 e. The molecule has 1 aromatic rings. The fraction of sp³-hybridized carbons (Fsp3) is 0.583. The van der Waals surface area contributed by atoms with Crippen LogP contribution in [0.3, 0.4) is 0 Å². The van der Waals surface area contributed by atoms with Crippen molar-refractivity contribution in [3.05, 3.63) is 20.8 Å². The Morgan fingerprint density at radius 2 is 2.25 bits per heavy atom. The van der Waals surface area contributed by atoms with Gasteiger partial charge >= 0.3 is 0 Å². The molecule has 90 valence electrons. The summed E-state index contributed by atoms with van der Waals surface area (Å²) in [5, 5.41) is 4.96. The molecular formula is C12H18BrNOS. The quantitative estimate of drug-likeness (QED) is 0.755. The van der Waals surface area contributed by atoms with E-state index in [-0.39, 0.29) is 5.91 Å². The van der Waals surface area contributed by atoms with Crippen LogP contribution in [0.5, 0.6) is 0 Å². The lowest BCUT2D eigenvalue weighted by Crippen LogP contribution is -2.21. The van der Waals surface area contributed by atoms with Crippen molar-refractivity contribution in [1.82, 2.24) is 5.32 Å². The molecule has 1 amide bonds. The molecular weight excluding hydrogens is 286 g/mol. The lowest BCUT2D eigenvalue weighted by atomic mass is 10.1. The van der Waals surface area contributed by atoms with E-state index in [2.05, 4.69) is 28.2 Å². The first kappa shape index (κ1) is 13.7. The Hall–Kier alpha value is -0.350. The van der Waals surface area contributed by atoms with Crippen molar-refractivity contribution >= 4 is 33.2 Å². The Bertz CT molecular complexity index is 325. The van der Waals surface area contributed by atoms with Crippen molar-refractivity contribution in [2.45, 2.75) is 45.6 Å². The van der Waals surface area contributed by atoms with E-state index in [1.54, 1.807) is 11.3 Å². The third kappa shape index (κ3) is 5.12. The van der Waals surface area contributed by atoms with Gasteiger partial charge in [-0.1, -0.05) is 26.2 Å². The molecule has 1 rings (SSSR count). The fourth-order valence-electron chi connectivity index (χ4n) is 1.43. The van der Waals surface area contributed by atoms with Crippen LogP contribution in [0.2, 0.25) is 0 Å². The first-order chi connectivity index (χ1) is 7.74. The van der Waals surface area contributed by atoms with Crippen molar-refractivity contribution in [3.8, 4) is 0 Å². The minimum absolute atomic E-state index is 0.163. The summed E-state index contributed by atoms with van der Waals surface area (Å²) in [6.07, 6.45) is 5.26. The molecule has 0 saturated carbocycles. The van der Waals surface area contributed by atoms with Crippen LogP contribution in [0.4, 0.5) is 0 Å². The van der Waals surface area contributed by atoms with E-state index in [0.29, 0.717) is 13.0 Å². The molecule has 0 aliphatic heterocycles. The molecule has 0 aliphatic rings. The van der Waals surface area contributed by atoms with Gasteiger partial charge in [0.2, 0.25) is 5.91 Å². The number of rotatable bonds is 7. The van der Waals surface area contributed by atoms with Crippen LogP contribution in [0.1, 0.15) is 43.9 Å². The highest BCUT2D eigenvalue weighted by molar-refractivity contribution is 9.10. The molecule has 0 fully saturated rings. The first-order valence-corrected chi connectivity index (χ1v) is 7.40. The molecule has 1 N–H and O–H groups in total. The van der Waals surface area contributed by atoms with Gasteiger partial charge < -0.3 is 5.32 Å². The van der Waals surface area contributed by atoms with Gasteiger partial charge in [-0.05, 0) is 33.8 Å². The van der Waals surface area contributed by atoms with E-state index in [1.807, 2.05) is 11.4 Å². The molecule has 1 aromatic heterocycles. The van der Waals surface area contributed by atoms with Gasteiger partial charge in [-0.3, -0.25) is 4.79 Å². The Morgan fingerprint density at radius 3 is 2.88 bits per heavy atom. The number of hydrogen-bond donors (Lipinski definition) is 1. The zero-order chi connectivity index (χ0) is 11.8. The van der Waals surface area contributed by atoms with E-state index in [9.17, 15) is 4.79 Å². The molecule has 2 nitrogen and oxygen atoms in total. The van der Waals surface area contributed by atoms with Crippen LogP contribution in [0, 0.1) is 0 Å². The maximum absolute atomic E-state index is 11.5. The molecule has 0 unspecified atom stereocenters.